The Morgan fingerprint density at radius 2 is 1.84 bits per heavy atom. The smallest absolute Gasteiger partial charge is 0.0685 e. The van der Waals surface area contributed by atoms with E-state index in [1.54, 1.807) is 0 Å². The van der Waals surface area contributed by atoms with Crippen molar-refractivity contribution in [2.45, 2.75) is 86.1 Å². The number of rotatable bonds is 10. The molecule has 2 rings (SSSR count). The van der Waals surface area contributed by atoms with Crippen LogP contribution in [-0.2, 0) is 0 Å². The van der Waals surface area contributed by atoms with Crippen LogP contribution in [-0.4, -0.2) is 6.04 Å². The third-order valence-electron chi connectivity index (χ3n) is 6.86. The highest BCUT2D eigenvalue weighted by Gasteiger charge is 2.29. The van der Waals surface area contributed by atoms with Gasteiger partial charge in [0.05, 0.1) is 6.04 Å². The second kappa shape index (κ2) is 12.1. The molecular weight excluding hydrogens is 388 g/mol. The Hall–Kier alpha value is -2.22. The number of nitrogens with one attached hydrogen (secondary N) is 2. The molecule has 0 aliphatic heterocycles. The van der Waals surface area contributed by atoms with Crippen LogP contribution in [0.1, 0.15) is 80.1 Å². The fraction of sp³-hybridized carbons (Fsp3) is 0.533. The van der Waals surface area contributed by atoms with Crippen LogP contribution in [0.5, 0.6) is 0 Å². The van der Waals surface area contributed by atoms with Crippen molar-refractivity contribution in [1.29, 1.82) is 0 Å². The van der Waals surface area contributed by atoms with E-state index in [1.165, 1.54) is 48.0 Å². The highest BCUT2D eigenvalue weighted by Crippen LogP contribution is 2.34. The Morgan fingerprint density at radius 3 is 2.44 bits per heavy atom. The molecule has 1 fully saturated rings. The molecule has 1 unspecified atom stereocenters. The Bertz CT molecular complexity index is 823. The maximum absolute atomic E-state index is 4.51. The van der Waals surface area contributed by atoms with Crippen molar-refractivity contribution in [3.63, 3.8) is 0 Å². The van der Waals surface area contributed by atoms with Gasteiger partial charge in [-0.1, -0.05) is 78.5 Å². The zero-order chi connectivity index (χ0) is 23.8. The summed E-state index contributed by atoms with van der Waals surface area (Å²) >= 11 is 0. The summed E-state index contributed by atoms with van der Waals surface area (Å²) in [5.41, 5.74) is 8.07. The van der Waals surface area contributed by atoms with E-state index in [0.717, 1.165) is 35.9 Å². The average molecular weight is 435 g/mol. The van der Waals surface area contributed by atoms with Crippen LogP contribution in [0.2, 0.25) is 0 Å². The molecule has 2 heteroatoms. The molecule has 2 N–H and O–H groups in total. The van der Waals surface area contributed by atoms with Gasteiger partial charge in [-0.2, -0.15) is 0 Å². The van der Waals surface area contributed by atoms with Crippen LogP contribution in [0.4, 0.5) is 0 Å². The van der Waals surface area contributed by atoms with Crippen molar-refractivity contribution >= 4 is 0 Å². The lowest BCUT2D eigenvalue weighted by Gasteiger charge is -2.36. The first kappa shape index (κ1) is 26.0. The molecule has 32 heavy (non-hydrogen) atoms. The number of allylic oxidation sites excluding steroid dienone is 7. The topological polar surface area (TPSA) is 24.1 Å². The molecule has 1 saturated carbocycles. The molecule has 2 nitrogen and oxygen atoms in total. The van der Waals surface area contributed by atoms with E-state index in [9.17, 15) is 0 Å². The van der Waals surface area contributed by atoms with E-state index in [-0.39, 0.29) is 6.04 Å². The first-order valence-corrected chi connectivity index (χ1v) is 12.5. The standard InChI is InChI=1S/C30H46N2/c1-10-12-28(23(6)19-20(2)3)25(8)32-30(27-17-15-21(4)16-18-27)26(9)31-29-14-11-13-22(5)24(29)7/h11-12,14,19-21,27,30-32H,5,8-10,13,15-18H2,1-4,6-7H3/b23-19-,28-12+. The van der Waals surface area contributed by atoms with Crippen molar-refractivity contribution in [1.82, 2.24) is 10.6 Å². The molecule has 2 aliphatic carbocycles. The summed E-state index contributed by atoms with van der Waals surface area (Å²) in [6.07, 6.45) is 15.9. The van der Waals surface area contributed by atoms with E-state index in [2.05, 4.69) is 96.2 Å². The second-order valence-electron chi connectivity index (χ2n) is 10.1. The number of hydrogen-bond acceptors (Lipinski definition) is 2. The minimum absolute atomic E-state index is 0.144. The maximum Gasteiger partial charge on any atom is 0.0685 e. The van der Waals surface area contributed by atoms with Crippen LogP contribution in [0.15, 0.2) is 83.4 Å². The van der Waals surface area contributed by atoms with Crippen molar-refractivity contribution in [3.05, 3.63) is 83.4 Å². The first-order valence-electron chi connectivity index (χ1n) is 12.5. The minimum Gasteiger partial charge on any atom is -0.376 e. The Balaban J connectivity index is 2.28. The van der Waals surface area contributed by atoms with Gasteiger partial charge in [0.25, 0.3) is 0 Å². The summed E-state index contributed by atoms with van der Waals surface area (Å²) in [7, 11) is 0. The highest BCUT2D eigenvalue weighted by atomic mass is 15.0. The predicted molar refractivity (Wildman–Crippen MR) is 142 cm³/mol. The highest BCUT2D eigenvalue weighted by molar-refractivity contribution is 5.45. The Kier molecular flexibility index (Phi) is 9.87. The molecule has 0 bridgehead atoms. The molecule has 0 amide bonds. The summed E-state index contributed by atoms with van der Waals surface area (Å²) < 4.78 is 0. The van der Waals surface area contributed by atoms with Crippen LogP contribution in [0.25, 0.3) is 0 Å². The summed E-state index contributed by atoms with van der Waals surface area (Å²) in [6.45, 7) is 26.6. The molecular formula is C30H46N2. The SMILES string of the molecule is C=C1CC=CC(NC(=C)C(NC(=C)C(=C/CC)/C(C)=C\C(C)C)C2CCC(C)CC2)=C1C. The predicted octanol–water partition coefficient (Wildman–Crippen LogP) is 8.12. The third kappa shape index (κ3) is 7.15. The van der Waals surface area contributed by atoms with Crippen molar-refractivity contribution in [2.24, 2.45) is 17.8 Å². The largest absolute Gasteiger partial charge is 0.376 e. The van der Waals surface area contributed by atoms with Crippen LogP contribution < -0.4 is 10.6 Å². The molecule has 0 saturated heterocycles. The fourth-order valence-corrected chi connectivity index (χ4v) is 4.86. The molecule has 0 aromatic carbocycles. The van der Waals surface area contributed by atoms with Gasteiger partial charge in [0.1, 0.15) is 0 Å². The van der Waals surface area contributed by atoms with Gasteiger partial charge in [0.2, 0.25) is 0 Å². The van der Waals surface area contributed by atoms with Crippen molar-refractivity contribution < 1.29 is 0 Å². The van der Waals surface area contributed by atoms with Crippen LogP contribution in [0.3, 0.4) is 0 Å². The van der Waals surface area contributed by atoms with E-state index < -0.39 is 0 Å². The summed E-state index contributed by atoms with van der Waals surface area (Å²) in [5, 5.41) is 7.47. The summed E-state index contributed by atoms with van der Waals surface area (Å²) in [5.74, 6) is 1.88. The van der Waals surface area contributed by atoms with E-state index in [0.29, 0.717) is 11.8 Å². The van der Waals surface area contributed by atoms with Gasteiger partial charge in [-0.05, 0) is 85.7 Å². The molecule has 2 aliphatic rings. The van der Waals surface area contributed by atoms with E-state index in [4.69, 9.17) is 0 Å². The van der Waals surface area contributed by atoms with Crippen LogP contribution in [0, 0.1) is 17.8 Å². The van der Waals surface area contributed by atoms with E-state index in [1.807, 2.05) is 0 Å². The molecule has 176 valence electrons. The van der Waals surface area contributed by atoms with Gasteiger partial charge in [0, 0.05) is 17.1 Å². The third-order valence-corrected chi connectivity index (χ3v) is 6.86. The van der Waals surface area contributed by atoms with Gasteiger partial charge in [-0.15, -0.1) is 0 Å². The van der Waals surface area contributed by atoms with Gasteiger partial charge in [-0.3, -0.25) is 0 Å². The maximum atomic E-state index is 4.51. The summed E-state index contributed by atoms with van der Waals surface area (Å²) in [4.78, 5) is 0. The first-order chi connectivity index (χ1) is 15.1. The lowest BCUT2D eigenvalue weighted by Crippen LogP contribution is -2.42. The van der Waals surface area contributed by atoms with Crippen molar-refractivity contribution in [2.75, 3.05) is 0 Å². The molecule has 0 aromatic rings. The molecule has 0 radical (unpaired) electrons. The summed E-state index contributed by atoms with van der Waals surface area (Å²) in [6, 6.07) is 0.144. The quantitative estimate of drug-likeness (QED) is 0.339. The zero-order valence-corrected chi connectivity index (χ0v) is 21.5. The number of hydrogen-bond donors (Lipinski definition) is 2. The normalized spacial score (nSPS) is 23.4. The minimum atomic E-state index is 0.144. The molecule has 0 spiro atoms. The van der Waals surface area contributed by atoms with Crippen molar-refractivity contribution in [3.8, 4) is 0 Å². The lowest BCUT2D eigenvalue weighted by atomic mass is 9.78. The van der Waals surface area contributed by atoms with Gasteiger partial charge in [-0.25, -0.2) is 0 Å². The van der Waals surface area contributed by atoms with Gasteiger partial charge in [0.15, 0.2) is 0 Å². The average Bonchev–Trinajstić information content (AvgIpc) is 2.73. The molecule has 1 atom stereocenters. The lowest BCUT2D eigenvalue weighted by molar-refractivity contribution is 0.251. The van der Waals surface area contributed by atoms with Gasteiger partial charge >= 0.3 is 0 Å². The zero-order valence-electron chi connectivity index (χ0n) is 21.5. The molecule has 0 aromatic heterocycles. The Labute approximate surface area is 198 Å². The monoisotopic (exact) mass is 434 g/mol. The van der Waals surface area contributed by atoms with E-state index >= 15 is 0 Å². The second-order valence-corrected chi connectivity index (χ2v) is 10.1. The van der Waals surface area contributed by atoms with Crippen LogP contribution >= 0.6 is 0 Å². The fourth-order valence-electron chi connectivity index (χ4n) is 4.86. The van der Waals surface area contributed by atoms with Gasteiger partial charge < -0.3 is 10.6 Å². The molecule has 0 heterocycles. The Morgan fingerprint density at radius 1 is 1.19 bits per heavy atom.